The van der Waals surface area contributed by atoms with Crippen molar-refractivity contribution in [2.24, 2.45) is 0 Å². The lowest BCUT2D eigenvalue weighted by Crippen LogP contribution is -3.18. The lowest BCUT2D eigenvalue weighted by atomic mass is 9.94. The fourth-order valence-corrected chi connectivity index (χ4v) is 6.88. The molecule has 200 valence electrons. The van der Waals surface area contributed by atoms with Gasteiger partial charge in [-0.2, -0.15) is 4.31 Å². The Balaban J connectivity index is 1.24. The van der Waals surface area contributed by atoms with Crippen LogP contribution in [0.4, 0.5) is 10.1 Å². The van der Waals surface area contributed by atoms with Gasteiger partial charge in [0.15, 0.2) is 0 Å². The summed E-state index contributed by atoms with van der Waals surface area (Å²) in [6.07, 6.45) is 6.14. The molecule has 38 heavy (non-hydrogen) atoms. The zero-order chi connectivity index (χ0) is 26.5. The second-order valence-electron chi connectivity index (χ2n) is 9.94. The molecule has 1 amide bonds. The maximum absolute atomic E-state index is 14.7. The molecule has 1 heterocycles. The number of quaternary nitrogens is 1. The van der Waals surface area contributed by atoms with Gasteiger partial charge in [-0.25, -0.2) is 12.8 Å². The number of hydrogen-bond donors (Lipinski definition) is 2. The Labute approximate surface area is 223 Å². The monoisotopic (exact) mass is 538 g/mol. The highest BCUT2D eigenvalue weighted by atomic mass is 32.2. The van der Waals surface area contributed by atoms with Gasteiger partial charge in [-0.05, 0) is 80.3 Å². The van der Waals surface area contributed by atoms with E-state index in [1.807, 2.05) is 30.3 Å². The number of para-hydroxylation sites is 1. The number of sulfonamides is 1. The summed E-state index contributed by atoms with van der Waals surface area (Å²) in [6.45, 7) is 2.13. The Morgan fingerprint density at radius 3 is 2.24 bits per heavy atom. The summed E-state index contributed by atoms with van der Waals surface area (Å²) < 4.78 is 48.5. The predicted molar refractivity (Wildman–Crippen MR) is 144 cm³/mol. The summed E-state index contributed by atoms with van der Waals surface area (Å²) in [5.41, 5.74) is 0.576. The number of rotatable bonds is 7. The van der Waals surface area contributed by atoms with Gasteiger partial charge < -0.3 is 15.0 Å². The van der Waals surface area contributed by atoms with Crippen molar-refractivity contribution in [1.82, 2.24) is 4.31 Å². The molecular weight excluding hydrogens is 505 g/mol. The number of ether oxygens (including phenoxy) is 1. The molecule has 3 aromatic rings. The van der Waals surface area contributed by atoms with Crippen molar-refractivity contribution in [3.05, 3.63) is 84.2 Å². The maximum atomic E-state index is 14.7. The molecule has 2 aliphatic rings. The Bertz CT molecular complexity index is 1350. The first-order chi connectivity index (χ1) is 18.4. The summed E-state index contributed by atoms with van der Waals surface area (Å²) in [4.78, 5) is 13.9. The molecule has 0 radical (unpaired) electrons. The van der Waals surface area contributed by atoms with Crippen molar-refractivity contribution in [2.75, 3.05) is 31.5 Å². The first-order valence-electron chi connectivity index (χ1n) is 13.2. The van der Waals surface area contributed by atoms with Gasteiger partial charge in [0, 0.05) is 11.3 Å². The molecule has 1 saturated heterocycles. The molecule has 0 bridgehead atoms. The zero-order valence-corrected chi connectivity index (χ0v) is 22.1. The van der Waals surface area contributed by atoms with Crippen LogP contribution in [0.1, 0.15) is 42.5 Å². The SMILES string of the molecule is O=C(Nc1ccc(Oc2ccccc2)cc1)c1ccc(F)c(S(=O)(=O)N2CC[NH+](C3CCCCC3)CC2)c1. The molecule has 5 rings (SSSR count). The minimum Gasteiger partial charge on any atom is -0.457 e. The van der Waals surface area contributed by atoms with Crippen LogP contribution in [-0.2, 0) is 10.0 Å². The number of nitrogens with zero attached hydrogens (tertiary/aromatic N) is 1. The Kier molecular flexibility index (Phi) is 8.06. The third-order valence-electron chi connectivity index (χ3n) is 7.45. The fraction of sp³-hybridized carbons (Fsp3) is 0.345. The van der Waals surface area contributed by atoms with Crippen molar-refractivity contribution in [1.29, 1.82) is 0 Å². The van der Waals surface area contributed by atoms with Crippen molar-refractivity contribution in [2.45, 2.75) is 43.0 Å². The molecule has 3 aromatic carbocycles. The lowest BCUT2D eigenvalue weighted by Gasteiger charge is -2.37. The van der Waals surface area contributed by atoms with Gasteiger partial charge in [0.2, 0.25) is 10.0 Å². The normalized spacial score (nSPS) is 17.7. The Morgan fingerprint density at radius 2 is 1.55 bits per heavy atom. The van der Waals surface area contributed by atoms with E-state index < -0.39 is 26.6 Å². The fourth-order valence-electron chi connectivity index (χ4n) is 5.35. The van der Waals surface area contributed by atoms with E-state index in [9.17, 15) is 17.6 Å². The minimum absolute atomic E-state index is 0.0704. The molecule has 7 nitrogen and oxygen atoms in total. The molecule has 0 unspecified atom stereocenters. The molecule has 1 aliphatic heterocycles. The van der Waals surface area contributed by atoms with Gasteiger partial charge in [0.25, 0.3) is 5.91 Å². The van der Waals surface area contributed by atoms with E-state index in [4.69, 9.17) is 4.74 Å². The van der Waals surface area contributed by atoms with Crippen LogP contribution >= 0.6 is 0 Å². The number of amides is 1. The van der Waals surface area contributed by atoms with E-state index >= 15 is 0 Å². The summed E-state index contributed by atoms with van der Waals surface area (Å²) in [5.74, 6) is -0.0771. The van der Waals surface area contributed by atoms with Crippen molar-refractivity contribution in [3.63, 3.8) is 0 Å². The third kappa shape index (κ3) is 6.06. The lowest BCUT2D eigenvalue weighted by molar-refractivity contribution is -0.930. The highest BCUT2D eigenvalue weighted by Crippen LogP contribution is 2.25. The molecule has 0 spiro atoms. The van der Waals surface area contributed by atoms with Crippen LogP contribution in [0.15, 0.2) is 77.7 Å². The zero-order valence-electron chi connectivity index (χ0n) is 21.2. The Morgan fingerprint density at radius 1 is 0.895 bits per heavy atom. The highest BCUT2D eigenvalue weighted by molar-refractivity contribution is 7.89. The predicted octanol–water partition coefficient (Wildman–Crippen LogP) is 4.09. The summed E-state index contributed by atoms with van der Waals surface area (Å²) in [5, 5.41) is 2.74. The highest BCUT2D eigenvalue weighted by Gasteiger charge is 2.35. The van der Waals surface area contributed by atoms with Crippen molar-refractivity contribution >= 4 is 21.6 Å². The molecule has 1 saturated carbocycles. The van der Waals surface area contributed by atoms with Gasteiger partial charge in [0.1, 0.15) is 22.2 Å². The standard InChI is InChI=1S/C29H32FN3O4S/c30-27-16-11-22(29(34)31-23-12-14-26(15-13-23)37-25-9-5-2-6-10-25)21-28(27)38(35,36)33-19-17-32(18-20-33)24-7-3-1-4-8-24/h2,5-6,9-16,21,24H,1,3-4,7-8,17-20H2,(H,31,34)/p+1. The number of carbonyl (C=O) groups excluding carboxylic acids is 1. The maximum Gasteiger partial charge on any atom is 0.255 e. The number of piperazine rings is 1. The number of benzene rings is 3. The van der Waals surface area contributed by atoms with E-state index in [1.165, 1.54) is 47.4 Å². The summed E-state index contributed by atoms with van der Waals surface area (Å²) in [7, 11) is -4.06. The van der Waals surface area contributed by atoms with E-state index in [2.05, 4.69) is 5.32 Å². The van der Waals surface area contributed by atoms with Crippen LogP contribution < -0.4 is 15.0 Å². The third-order valence-corrected chi connectivity index (χ3v) is 9.36. The number of halogens is 1. The van der Waals surface area contributed by atoms with Gasteiger partial charge in [-0.15, -0.1) is 0 Å². The number of nitrogens with one attached hydrogen (secondary N) is 2. The second-order valence-corrected chi connectivity index (χ2v) is 11.8. The van der Waals surface area contributed by atoms with Crippen LogP contribution in [0, 0.1) is 5.82 Å². The van der Waals surface area contributed by atoms with Crippen molar-refractivity contribution in [3.8, 4) is 11.5 Å². The molecular formula is C29H33FN3O4S+. The Hall–Kier alpha value is -3.27. The number of carbonyl (C=O) groups is 1. The minimum atomic E-state index is -4.06. The average molecular weight is 539 g/mol. The molecule has 2 N–H and O–H groups in total. The topological polar surface area (TPSA) is 80.1 Å². The number of anilines is 1. The second kappa shape index (κ2) is 11.6. The summed E-state index contributed by atoms with van der Waals surface area (Å²) >= 11 is 0. The van der Waals surface area contributed by atoms with Crippen LogP contribution in [-0.4, -0.2) is 50.9 Å². The molecule has 1 aliphatic carbocycles. The van der Waals surface area contributed by atoms with Gasteiger partial charge >= 0.3 is 0 Å². The van der Waals surface area contributed by atoms with Crippen LogP contribution in [0.3, 0.4) is 0 Å². The largest absolute Gasteiger partial charge is 0.457 e. The number of hydrogen-bond acceptors (Lipinski definition) is 4. The smallest absolute Gasteiger partial charge is 0.255 e. The van der Waals surface area contributed by atoms with Crippen LogP contribution in [0.25, 0.3) is 0 Å². The van der Waals surface area contributed by atoms with Crippen LogP contribution in [0.5, 0.6) is 11.5 Å². The van der Waals surface area contributed by atoms with E-state index in [-0.39, 0.29) is 5.56 Å². The molecule has 0 atom stereocenters. The van der Waals surface area contributed by atoms with E-state index in [1.54, 1.807) is 24.3 Å². The van der Waals surface area contributed by atoms with E-state index in [0.29, 0.717) is 36.3 Å². The summed E-state index contributed by atoms with van der Waals surface area (Å²) in [6, 6.07) is 20.2. The average Bonchev–Trinajstić information content (AvgIpc) is 2.95. The van der Waals surface area contributed by atoms with Gasteiger partial charge in [-0.1, -0.05) is 24.6 Å². The molecule has 9 heteroatoms. The first-order valence-corrected chi connectivity index (χ1v) is 14.6. The van der Waals surface area contributed by atoms with Gasteiger partial charge in [-0.3, -0.25) is 4.79 Å². The van der Waals surface area contributed by atoms with E-state index in [0.717, 1.165) is 25.2 Å². The van der Waals surface area contributed by atoms with Crippen molar-refractivity contribution < 1.29 is 27.2 Å². The molecule has 0 aromatic heterocycles. The quantitative estimate of drug-likeness (QED) is 0.475. The molecule has 2 fully saturated rings. The van der Waals surface area contributed by atoms with Gasteiger partial charge in [0.05, 0.1) is 32.2 Å². The first kappa shape index (κ1) is 26.3. The van der Waals surface area contributed by atoms with Crippen LogP contribution in [0.2, 0.25) is 0 Å².